The molecule has 4 N–H and O–H groups in total. The van der Waals surface area contributed by atoms with Crippen LogP contribution >= 0.6 is 0 Å². The second-order valence-electron chi connectivity index (χ2n) is 1.92. The predicted octanol–water partition coefficient (Wildman–Crippen LogP) is -1.25. The van der Waals surface area contributed by atoms with Crippen LogP contribution in [0.4, 0.5) is 5.82 Å². The average molecular weight is 143 g/mol. The van der Waals surface area contributed by atoms with Gasteiger partial charge in [0, 0.05) is 6.07 Å². The molecule has 0 saturated heterocycles. The molecule has 1 aromatic heterocycles. The molecule has 5 heteroatoms. The van der Waals surface area contributed by atoms with Crippen molar-refractivity contribution < 1.29 is 5.11 Å². The van der Waals surface area contributed by atoms with Crippen molar-refractivity contribution in [1.29, 1.82) is 0 Å². The maximum absolute atomic E-state index is 10.8. The molecule has 0 unspecified atom stereocenters. The third-order valence-corrected chi connectivity index (χ3v) is 1.13. The van der Waals surface area contributed by atoms with E-state index in [4.69, 9.17) is 10.8 Å². The van der Waals surface area contributed by atoms with Crippen molar-refractivity contribution >= 4 is 5.82 Å². The Balaban J connectivity index is 2.92. The van der Waals surface area contributed by atoms with Crippen molar-refractivity contribution in [3.63, 3.8) is 0 Å². The number of hydrogen-bond acceptors (Lipinski definition) is 3. The van der Waals surface area contributed by atoms with Crippen LogP contribution in [0.3, 0.4) is 0 Å². The van der Waals surface area contributed by atoms with Gasteiger partial charge in [-0.2, -0.15) is 0 Å². The first-order chi connectivity index (χ1) is 4.74. The van der Waals surface area contributed by atoms with E-state index in [1.54, 1.807) is 0 Å². The van der Waals surface area contributed by atoms with Crippen molar-refractivity contribution in [2.45, 2.75) is 6.54 Å². The lowest BCUT2D eigenvalue weighted by Gasteiger charge is -1.94. The van der Waals surface area contributed by atoms with E-state index >= 15 is 0 Å². The number of aromatic nitrogens is 2. The lowest BCUT2D eigenvalue weighted by atomic mass is 10.6. The molecule has 0 spiro atoms. The molecule has 0 amide bonds. The summed E-state index contributed by atoms with van der Waals surface area (Å²) in [6, 6.07) is 1.27. The summed E-state index contributed by atoms with van der Waals surface area (Å²) in [6.07, 6.45) is 0. The van der Waals surface area contributed by atoms with Crippen molar-refractivity contribution in [1.82, 2.24) is 9.78 Å². The number of H-pyrrole nitrogens is 1. The summed E-state index contributed by atoms with van der Waals surface area (Å²) in [5.74, 6) is 0.318. The fourth-order valence-corrected chi connectivity index (χ4v) is 0.720. The molecule has 5 nitrogen and oxygen atoms in total. The molecular weight excluding hydrogens is 134 g/mol. The Kier molecular flexibility index (Phi) is 1.77. The Morgan fingerprint density at radius 2 is 2.50 bits per heavy atom. The number of aliphatic hydroxyl groups excluding tert-OH is 1. The van der Waals surface area contributed by atoms with Gasteiger partial charge in [-0.1, -0.05) is 0 Å². The van der Waals surface area contributed by atoms with Crippen molar-refractivity contribution in [2.24, 2.45) is 0 Å². The number of aliphatic hydroxyl groups is 1. The van der Waals surface area contributed by atoms with E-state index in [0.717, 1.165) is 0 Å². The maximum atomic E-state index is 10.8. The first-order valence-electron chi connectivity index (χ1n) is 2.90. The summed E-state index contributed by atoms with van der Waals surface area (Å²) < 4.78 is 1.25. The van der Waals surface area contributed by atoms with Crippen molar-refractivity contribution in [2.75, 3.05) is 12.3 Å². The van der Waals surface area contributed by atoms with Gasteiger partial charge in [-0.25, -0.2) is 4.68 Å². The third kappa shape index (κ3) is 1.19. The van der Waals surface area contributed by atoms with Gasteiger partial charge in [-0.15, -0.1) is 0 Å². The largest absolute Gasteiger partial charge is 0.394 e. The Hall–Kier alpha value is -1.23. The van der Waals surface area contributed by atoms with E-state index in [1.807, 2.05) is 0 Å². The molecule has 10 heavy (non-hydrogen) atoms. The first-order valence-corrected chi connectivity index (χ1v) is 2.90. The highest BCUT2D eigenvalue weighted by Gasteiger charge is 1.96. The summed E-state index contributed by atoms with van der Waals surface area (Å²) >= 11 is 0. The van der Waals surface area contributed by atoms with E-state index in [2.05, 4.69) is 5.10 Å². The number of hydrogen-bond donors (Lipinski definition) is 3. The highest BCUT2D eigenvalue weighted by Crippen LogP contribution is 1.87. The van der Waals surface area contributed by atoms with Crippen LogP contribution in [0.15, 0.2) is 10.9 Å². The molecule has 1 heterocycles. The van der Waals surface area contributed by atoms with E-state index in [0.29, 0.717) is 5.82 Å². The van der Waals surface area contributed by atoms with Crippen molar-refractivity contribution in [3.05, 3.63) is 16.4 Å². The zero-order valence-corrected chi connectivity index (χ0v) is 5.37. The lowest BCUT2D eigenvalue weighted by molar-refractivity contribution is 0.267. The van der Waals surface area contributed by atoms with Crippen LogP contribution in [-0.4, -0.2) is 21.5 Å². The van der Waals surface area contributed by atoms with Gasteiger partial charge < -0.3 is 10.8 Å². The van der Waals surface area contributed by atoms with Gasteiger partial charge in [0.05, 0.1) is 13.2 Å². The van der Waals surface area contributed by atoms with Crippen LogP contribution in [0.2, 0.25) is 0 Å². The Labute approximate surface area is 57.1 Å². The van der Waals surface area contributed by atoms with Crippen LogP contribution < -0.4 is 11.3 Å². The topological polar surface area (TPSA) is 84.0 Å². The predicted molar refractivity (Wildman–Crippen MR) is 36.6 cm³/mol. The van der Waals surface area contributed by atoms with Gasteiger partial charge in [-0.3, -0.25) is 9.89 Å². The van der Waals surface area contributed by atoms with Crippen LogP contribution in [0, 0.1) is 0 Å². The molecule has 0 bridgehead atoms. The maximum Gasteiger partial charge on any atom is 0.268 e. The molecule has 1 rings (SSSR count). The minimum absolute atomic E-state index is 0.0696. The number of aromatic amines is 1. The summed E-state index contributed by atoms with van der Waals surface area (Å²) in [7, 11) is 0. The first kappa shape index (κ1) is 6.88. The number of nitrogens with one attached hydrogen (secondary N) is 1. The van der Waals surface area contributed by atoms with Crippen LogP contribution in [0.5, 0.6) is 0 Å². The smallest absolute Gasteiger partial charge is 0.268 e. The molecule has 56 valence electrons. The zero-order chi connectivity index (χ0) is 7.56. The van der Waals surface area contributed by atoms with Crippen molar-refractivity contribution in [3.8, 4) is 0 Å². The molecular formula is C5H9N3O2. The Morgan fingerprint density at radius 3 is 2.90 bits per heavy atom. The average Bonchev–Trinajstić information content (AvgIpc) is 2.13. The standard InChI is InChI=1S/C5H9N3O2/c6-4-3-5(10)8(7-4)1-2-9/h3,7,9H,1-2,6H2. The number of rotatable bonds is 2. The lowest BCUT2D eigenvalue weighted by Crippen LogP contribution is -2.17. The summed E-state index contributed by atoms with van der Waals surface area (Å²) in [5.41, 5.74) is 5.04. The monoisotopic (exact) mass is 143 g/mol. The minimum Gasteiger partial charge on any atom is -0.394 e. The summed E-state index contributed by atoms with van der Waals surface area (Å²) in [6.45, 7) is 0.190. The van der Waals surface area contributed by atoms with E-state index in [9.17, 15) is 4.79 Å². The van der Waals surface area contributed by atoms with Gasteiger partial charge in [0.15, 0.2) is 0 Å². The van der Waals surface area contributed by atoms with Gasteiger partial charge in [-0.05, 0) is 0 Å². The second kappa shape index (κ2) is 2.57. The quantitative estimate of drug-likeness (QED) is 0.483. The van der Waals surface area contributed by atoms with E-state index < -0.39 is 0 Å². The molecule has 1 aromatic rings. The summed E-state index contributed by atoms with van der Waals surface area (Å²) in [5, 5.41) is 11.0. The molecule has 0 atom stereocenters. The fraction of sp³-hybridized carbons (Fsp3) is 0.400. The van der Waals surface area contributed by atoms with Gasteiger partial charge >= 0.3 is 0 Å². The highest BCUT2D eigenvalue weighted by atomic mass is 16.3. The fourth-order valence-electron chi connectivity index (χ4n) is 0.720. The molecule has 0 aliphatic rings. The molecule has 0 radical (unpaired) electrons. The number of nitrogens with two attached hydrogens (primary N) is 1. The SMILES string of the molecule is Nc1cc(=O)n(CCO)[nH]1. The number of anilines is 1. The molecule has 0 aliphatic heterocycles. The number of nitrogens with zero attached hydrogens (tertiary/aromatic N) is 1. The normalized spacial score (nSPS) is 10.1. The second-order valence-corrected chi connectivity index (χ2v) is 1.92. The van der Waals surface area contributed by atoms with Gasteiger partial charge in [0.2, 0.25) is 0 Å². The van der Waals surface area contributed by atoms with E-state index in [-0.39, 0.29) is 18.7 Å². The van der Waals surface area contributed by atoms with Gasteiger partial charge in [0.1, 0.15) is 5.82 Å². The molecule has 0 saturated carbocycles. The zero-order valence-electron chi connectivity index (χ0n) is 5.37. The molecule has 0 aliphatic carbocycles. The highest BCUT2D eigenvalue weighted by molar-refractivity contribution is 5.23. The summed E-state index contributed by atoms with van der Waals surface area (Å²) in [4.78, 5) is 10.8. The third-order valence-electron chi connectivity index (χ3n) is 1.13. The van der Waals surface area contributed by atoms with Crippen LogP contribution in [0.25, 0.3) is 0 Å². The van der Waals surface area contributed by atoms with E-state index in [1.165, 1.54) is 10.7 Å². The minimum atomic E-state index is -0.216. The molecule has 0 aromatic carbocycles. The van der Waals surface area contributed by atoms with Crippen LogP contribution in [0.1, 0.15) is 0 Å². The Morgan fingerprint density at radius 1 is 1.80 bits per heavy atom. The van der Waals surface area contributed by atoms with Gasteiger partial charge in [0.25, 0.3) is 5.56 Å². The molecule has 0 fully saturated rings. The van der Waals surface area contributed by atoms with Crippen LogP contribution in [-0.2, 0) is 6.54 Å². The Bertz CT molecular complexity index is 262. The number of nitrogen functional groups attached to an aromatic ring is 1.